The van der Waals surface area contributed by atoms with Crippen LogP contribution in [0.15, 0.2) is 24.5 Å². The number of halogens is 3. The molecular weight excluding hydrogens is 433 g/mol. The number of aryl methyl sites for hydroxylation is 1. The Bertz CT molecular complexity index is 925. The number of nitrogens with zero attached hydrogens (tertiary/aromatic N) is 4. The molecule has 0 bridgehead atoms. The standard InChI is InChI=1S/C15H11F2IN4O2/c1-7-19-4-9(5-20-7)8-2-10(14(16)17)13-11(3-8)15(18)21-22(13)6-12(23)24/h2-5,14H,6H2,1H3,(H,23,24). The van der Waals surface area contributed by atoms with Gasteiger partial charge in [0, 0.05) is 28.9 Å². The monoisotopic (exact) mass is 444 g/mol. The molecule has 3 aromatic rings. The Labute approximate surface area is 148 Å². The summed E-state index contributed by atoms with van der Waals surface area (Å²) in [5.41, 5.74) is 1.00. The first-order valence-electron chi connectivity index (χ1n) is 6.85. The van der Waals surface area contributed by atoms with Crippen LogP contribution in [0.3, 0.4) is 0 Å². The summed E-state index contributed by atoms with van der Waals surface area (Å²) in [6.45, 7) is 1.25. The predicted molar refractivity (Wildman–Crippen MR) is 90.8 cm³/mol. The fourth-order valence-electron chi connectivity index (χ4n) is 2.43. The van der Waals surface area contributed by atoms with Gasteiger partial charge in [0.1, 0.15) is 16.1 Å². The Morgan fingerprint density at radius 3 is 2.54 bits per heavy atom. The van der Waals surface area contributed by atoms with Crippen LogP contribution in [0.25, 0.3) is 22.0 Å². The van der Waals surface area contributed by atoms with Gasteiger partial charge in [-0.3, -0.25) is 9.48 Å². The van der Waals surface area contributed by atoms with E-state index in [1.54, 1.807) is 25.4 Å². The Morgan fingerprint density at radius 1 is 1.29 bits per heavy atom. The van der Waals surface area contributed by atoms with Gasteiger partial charge in [0.25, 0.3) is 6.43 Å². The summed E-state index contributed by atoms with van der Waals surface area (Å²) in [6.07, 6.45) is 0.361. The fourth-order valence-corrected chi connectivity index (χ4v) is 3.10. The fraction of sp³-hybridized carbons (Fsp3) is 0.200. The zero-order valence-corrected chi connectivity index (χ0v) is 14.5. The van der Waals surface area contributed by atoms with Crippen molar-refractivity contribution in [2.24, 2.45) is 0 Å². The maximum absolute atomic E-state index is 13.6. The number of benzene rings is 1. The van der Waals surface area contributed by atoms with Crippen molar-refractivity contribution in [2.75, 3.05) is 0 Å². The highest BCUT2D eigenvalue weighted by molar-refractivity contribution is 14.1. The molecule has 0 radical (unpaired) electrons. The Hall–Kier alpha value is -2.17. The molecule has 0 amide bonds. The maximum atomic E-state index is 13.6. The molecule has 1 aromatic carbocycles. The van der Waals surface area contributed by atoms with E-state index in [-0.39, 0.29) is 11.1 Å². The minimum atomic E-state index is -2.76. The van der Waals surface area contributed by atoms with Crippen LogP contribution in [0.4, 0.5) is 8.78 Å². The zero-order chi connectivity index (χ0) is 17.4. The third kappa shape index (κ3) is 3.07. The number of fused-ring (bicyclic) bond motifs is 1. The van der Waals surface area contributed by atoms with E-state index in [4.69, 9.17) is 5.11 Å². The first kappa shape index (κ1) is 16.7. The van der Waals surface area contributed by atoms with E-state index in [0.29, 0.717) is 26.0 Å². The second kappa shape index (κ2) is 6.38. The molecule has 1 N–H and O–H groups in total. The van der Waals surface area contributed by atoms with Crippen molar-refractivity contribution >= 4 is 39.5 Å². The van der Waals surface area contributed by atoms with Gasteiger partial charge < -0.3 is 5.11 Å². The lowest BCUT2D eigenvalue weighted by atomic mass is 10.0. The number of aromatic nitrogens is 4. The van der Waals surface area contributed by atoms with Crippen molar-refractivity contribution in [1.82, 2.24) is 19.7 Å². The Morgan fingerprint density at radius 2 is 1.96 bits per heavy atom. The lowest BCUT2D eigenvalue weighted by molar-refractivity contribution is -0.137. The SMILES string of the molecule is Cc1ncc(-c2cc(C(F)F)c3c(c2)c(I)nn3CC(=O)O)cn1. The summed E-state index contributed by atoms with van der Waals surface area (Å²) in [6, 6.07) is 3.03. The third-order valence-electron chi connectivity index (χ3n) is 3.46. The first-order chi connectivity index (χ1) is 11.4. The molecule has 124 valence electrons. The summed E-state index contributed by atoms with van der Waals surface area (Å²) in [4.78, 5) is 19.1. The van der Waals surface area contributed by atoms with E-state index < -0.39 is 18.9 Å². The molecule has 0 aliphatic heterocycles. The summed E-state index contributed by atoms with van der Waals surface area (Å²) in [7, 11) is 0. The molecule has 0 aliphatic rings. The van der Waals surface area contributed by atoms with Crippen molar-refractivity contribution in [3.05, 3.63) is 39.6 Å². The largest absolute Gasteiger partial charge is 0.480 e. The van der Waals surface area contributed by atoms with Crippen LogP contribution >= 0.6 is 22.6 Å². The maximum Gasteiger partial charge on any atom is 0.325 e. The topological polar surface area (TPSA) is 80.9 Å². The van der Waals surface area contributed by atoms with Gasteiger partial charge in [0.2, 0.25) is 0 Å². The molecule has 0 unspecified atom stereocenters. The first-order valence-corrected chi connectivity index (χ1v) is 7.93. The molecule has 0 saturated carbocycles. The minimum Gasteiger partial charge on any atom is -0.480 e. The van der Waals surface area contributed by atoms with Gasteiger partial charge in [-0.2, -0.15) is 5.10 Å². The molecule has 0 saturated heterocycles. The lowest BCUT2D eigenvalue weighted by Crippen LogP contribution is -2.11. The molecule has 2 aromatic heterocycles. The van der Waals surface area contributed by atoms with Crippen molar-refractivity contribution in [2.45, 2.75) is 19.9 Å². The molecule has 0 fully saturated rings. The quantitative estimate of drug-likeness (QED) is 0.624. The van der Waals surface area contributed by atoms with Crippen LogP contribution in [-0.2, 0) is 11.3 Å². The van der Waals surface area contributed by atoms with Gasteiger partial charge in [-0.25, -0.2) is 18.7 Å². The molecular formula is C15H11F2IN4O2. The summed E-state index contributed by atoms with van der Waals surface area (Å²) in [5.74, 6) is -0.565. The molecule has 0 spiro atoms. The molecule has 0 atom stereocenters. The van der Waals surface area contributed by atoms with Gasteiger partial charge >= 0.3 is 5.97 Å². The van der Waals surface area contributed by atoms with Gasteiger partial charge in [0.15, 0.2) is 0 Å². The number of carboxylic acids is 1. The van der Waals surface area contributed by atoms with E-state index in [1.807, 2.05) is 22.6 Å². The molecule has 3 rings (SSSR count). The second-order valence-electron chi connectivity index (χ2n) is 5.12. The van der Waals surface area contributed by atoms with Crippen molar-refractivity contribution in [1.29, 1.82) is 0 Å². The highest BCUT2D eigenvalue weighted by Crippen LogP contribution is 2.35. The average Bonchev–Trinajstić information content (AvgIpc) is 2.82. The number of carbonyl (C=O) groups is 1. The van der Waals surface area contributed by atoms with E-state index in [2.05, 4.69) is 15.1 Å². The molecule has 2 heterocycles. The summed E-state index contributed by atoms with van der Waals surface area (Å²) in [5, 5.41) is 13.5. The number of alkyl halides is 2. The van der Waals surface area contributed by atoms with E-state index in [1.165, 1.54) is 6.07 Å². The van der Waals surface area contributed by atoms with Gasteiger partial charge in [-0.05, 0) is 47.2 Å². The Kier molecular flexibility index (Phi) is 4.43. The number of hydrogen-bond acceptors (Lipinski definition) is 4. The highest BCUT2D eigenvalue weighted by atomic mass is 127. The van der Waals surface area contributed by atoms with Crippen LogP contribution in [0.1, 0.15) is 17.8 Å². The van der Waals surface area contributed by atoms with Crippen molar-refractivity contribution in [3.63, 3.8) is 0 Å². The molecule has 24 heavy (non-hydrogen) atoms. The molecule has 6 nitrogen and oxygen atoms in total. The molecule has 0 aliphatic carbocycles. The van der Waals surface area contributed by atoms with E-state index >= 15 is 0 Å². The minimum absolute atomic E-state index is 0.133. The third-order valence-corrected chi connectivity index (χ3v) is 4.26. The summed E-state index contributed by atoms with van der Waals surface area (Å²) < 4.78 is 28.7. The highest BCUT2D eigenvalue weighted by Gasteiger charge is 2.21. The van der Waals surface area contributed by atoms with Crippen molar-refractivity contribution < 1.29 is 18.7 Å². The lowest BCUT2D eigenvalue weighted by Gasteiger charge is -2.09. The normalized spacial score (nSPS) is 11.4. The van der Waals surface area contributed by atoms with Crippen LogP contribution in [0.5, 0.6) is 0 Å². The van der Waals surface area contributed by atoms with Gasteiger partial charge in [0.05, 0.1) is 5.52 Å². The van der Waals surface area contributed by atoms with Gasteiger partial charge in [-0.1, -0.05) is 0 Å². The van der Waals surface area contributed by atoms with Crippen LogP contribution in [0, 0.1) is 10.6 Å². The summed E-state index contributed by atoms with van der Waals surface area (Å²) >= 11 is 1.91. The predicted octanol–water partition coefficient (Wildman–Crippen LogP) is 3.43. The Balaban J connectivity index is 2.26. The van der Waals surface area contributed by atoms with E-state index in [0.717, 1.165) is 4.68 Å². The number of aliphatic carboxylic acids is 1. The van der Waals surface area contributed by atoms with E-state index in [9.17, 15) is 13.6 Å². The van der Waals surface area contributed by atoms with Crippen LogP contribution in [-0.4, -0.2) is 30.8 Å². The smallest absolute Gasteiger partial charge is 0.325 e. The van der Waals surface area contributed by atoms with Crippen molar-refractivity contribution in [3.8, 4) is 11.1 Å². The average molecular weight is 444 g/mol. The number of rotatable bonds is 4. The second-order valence-corrected chi connectivity index (χ2v) is 6.15. The molecule has 9 heteroatoms. The van der Waals surface area contributed by atoms with Gasteiger partial charge in [-0.15, -0.1) is 0 Å². The van der Waals surface area contributed by atoms with Crippen LogP contribution < -0.4 is 0 Å². The van der Waals surface area contributed by atoms with Crippen LogP contribution in [0.2, 0.25) is 0 Å². The number of carboxylic acid groups (broad SMARTS) is 1. The number of hydrogen-bond donors (Lipinski definition) is 1. The zero-order valence-electron chi connectivity index (χ0n) is 12.4.